The number of hydrogen-bond donors (Lipinski definition) is 1. The Labute approximate surface area is 115 Å². The molecule has 2 aromatic rings. The predicted octanol–water partition coefficient (Wildman–Crippen LogP) is 3.04. The van der Waals surface area contributed by atoms with E-state index in [1.807, 2.05) is 0 Å². The average Bonchev–Trinajstić information content (AvgIpc) is 2.46. The van der Waals surface area contributed by atoms with Crippen LogP contribution in [0.2, 0.25) is 0 Å². The highest BCUT2D eigenvalue weighted by Crippen LogP contribution is 2.34. The zero-order valence-electron chi connectivity index (χ0n) is 11.0. The summed E-state index contributed by atoms with van der Waals surface area (Å²) in [6.07, 6.45) is 0. The summed E-state index contributed by atoms with van der Waals surface area (Å²) < 4.78 is 32.4. The molecule has 0 spiro atoms. The number of benzene rings is 2. The lowest BCUT2D eigenvalue weighted by atomic mass is 9.95. The molecule has 0 aliphatic carbocycles. The molecule has 5 heteroatoms. The van der Waals surface area contributed by atoms with Crippen LogP contribution in [0.15, 0.2) is 42.5 Å². The molecule has 0 amide bonds. The first-order valence-corrected chi connectivity index (χ1v) is 6.26. The van der Waals surface area contributed by atoms with Crippen molar-refractivity contribution in [2.75, 3.05) is 6.61 Å². The summed E-state index contributed by atoms with van der Waals surface area (Å²) in [5.41, 5.74) is 5.84. The van der Waals surface area contributed by atoms with Gasteiger partial charge >= 0.3 is 11.9 Å². The summed E-state index contributed by atoms with van der Waals surface area (Å²) >= 11 is 0. The predicted molar refractivity (Wildman–Crippen MR) is 72.5 cm³/mol. The van der Waals surface area contributed by atoms with Gasteiger partial charge in [-0.1, -0.05) is 42.5 Å². The first-order chi connectivity index (χ1) is 9.48. The molecule has 2 rings (SSSR count). The molecule has 0 unspecified atom stereocenters. The largest absolute Gasteiger partial charge is 0.462 e. The molecule has 0 fully saturated rings. The number of fused-ring (bicyclic) bond motifs is 1. The summed E-state index contributed by atoms with van der Waals surface area (Å²) in [6.45, 7) is 1.36. The van der Waals surface area contributed by atoms with E-state index in [1.165, 1.54) is 13.0 Å². The minimum absolute atomic E-state index is 0.114. The van der Waals surface area contributed by atoms with Gasteiger partial charge in [-0.15, -0.1) is 0 Å². The monoisotopic (exact) mass is 279 g/mol. The fourth-order valence-corrected chi connectivity index (χ4v) is 2.07. The molecule has 0 radical (unpaired) electrons. The SMILES string of the molecule is CCOC(=O)C(F)(F)[C@H](N)c1cccc2ccccc12. The molecule has 0 heterocycles. The number of carbonyl (C=O) groups is 1. The minimum atomic E-state index is -3.76. The van der Waals surface area contributed by atoms with Gasteiger partial charge in [0.05, 0.1) is 6.61 Å². The van der Waals surface area contributed by atoms with Crippen LogP contribution in [0.25, 0.3) is 10.8 Å². The highest BCUT2D eigenvalue weighted by atomic mass is 19.3. The van der Waals surface area contributed by atoms with Gasteiger partial charge in [-0.3, -0.25) is 0 Å². The number of alkyl halides is 2. The molecule has 1 atom stereocenters. The summed E-state index contributed by atoms with van der Waals surface area (Å²) in [5.74, 6) is -5.36. The van der Waals surface area contributed by atoms with Crippen LogP contribution in [-0.2, 0) is 9.53 Å². The zero-order valence-corrected chi connectivity index (χ0v) is 11.0. The number of esters is 1. The number of ether oxygens (including phenoxy) is 1. The molecule has 0 saturated heterocycles. The van der Waals surface area contributed by atoms with E-state index in [4.69, 9.17) is 5.73 Å². The number of nitrogens with two attached hydrogens (primary N) is 1. The van der Waals surface area contributed by atoms with Crippen LogP contribution in [-0.4, -0.2) is 18.5 Å². The molecular weight excluding hydrogens is 264 g/mol. The summed E-state index contributed by atoms with van der Waals surface area (Å²) in [5, 5.41) is 1.39. The van der Waals surface area contributed by atoms with Crippen molar-refractivity contribution in [2.45, 2.75) is 18.9 Å². The van der Waals surface area contributed by atoms with Crippen LogP contribution in [0.3, 0.4) is 0 Å². The topological polar surface area (TPSA) is 52.3 Å². The first kappa shape index (κ1) is 14.4. The molecule has 0 saturated carbocycles. The molecule has 106 valence electrons. The molecule has 2 aromatic carbocycles. The van der Waals surface area contributed by atoms with Gasteiger partial charge in [-0.2, -0.15) is 8.78 Å². The maximum Gasteiger partial charge on any atom is 0.379 e. The standard InChI is InChI=1S/C15H15F2NO2/c1-2-20-14(19)15(16,17)13(18)12-9-5-7-10-6-3-4-8-11(10)12/h3-9,13H,2,18H2,1H3/t13-/m1/s1. The Balaban J connectivity index is 2.45. The Kier molecular flexibility index (Phi) is 3.99. The molecule has 0 bridgehead atoms. The first-order valence-electron chi connectivity index (χ1n) is 6.26. The third-order valence-electron chi connectivity index (χ3n) is 3.10. The van der Waals surface area contributed by atoms with Crippen molar-refractivity contribution in [3.8, 4) is 0 Å². The maximum atomic E-state index is 14.0. The van der Waals surface area contributed by atoms with Crippen LogP contribution in [0, 0.1) is 0 Å². The molecule has 20 heavy (non-hydrogen) atoms. The Hall–Kier alpha value is -2.01. The van der Waals surface area contributed by atoms with Gasteiger partial charge in [0.25, 0.3) is 0 Å². The van der Waals surface area contributed by atoms with Crippen molar-refractivity contribution in [3.63, 3.8) is 0 Å². The van der Waals surface area contributed by atoms with E-state index in [9.17, 15) is 13.6 Å². The van der Waals surface area contributed by atoms with Crippen molar-refractivity contribution in [3.05, 3.63) is 48.0 Å². The van der Waals surface area contributed by atoms with Crippen LogP contribution in [0.4, 0.5) is 8.78 Å². The second kappa shape index (κ2) is 5.54. The Bertz CT molecular complexity index is 623. The van der Waals surface area contributed by atoms with Crippen molar-refractivity contribution in [1.82, 2.24) is 0 Å². The van der Waals surface area contributed by atoms with Crippen LogP contribution in [0.1, 0.15) is 18.5 Å². The minimum Gasteiger partial charge on any atom is -0.462 e. The number of halogens is 2. The fraction of sp³-hybridized carbons (Fsp3) is 0.267. The van der Waals surface area contributed by atoms with Crippen molar-refractivity contribution >= 4 is 16.7 Å². The Morgan fingerprint density at radius 3 is 2.60 bits per heavy atom. The molecule has 2 N–H and O–H groups in total. The number of rotatable bonds is 4. The lowest BCUT2D eigenvalue weighted by Crippen LogP contribution is -2.41. The quantitative estimate of drug-likeness (QED) is 0.875. The highest BCUT2D eigenvalue weighted by molar-refractivity contribution is 5.87. The van der Waals surface area contributed by atoms with Crippen LogP contribution in [0.5, 0.6) is 0 Å². The van der Waals surface area contributed by atoms with E-state index < -0.39 is 17.9 Å². The number of carbonyl (C=O) groups excluding carboxylic acids is 1. The molecule has 3 nitrogen and oxygen atoms in total. The lowest BCUT2D eigenvalue weighted by Gasteiger charge is -2.23. The molecule has 0 aromatic heterocycles. The summed E-state index contributed by atoms with van der Waals surface area (Å²) in [7, 11) is 0. The van der Waals surface area contributed by atoms with Gasteiger partial charge in [0.2, 0.25) is 0 Å². The lowest BCUT2D eigenvalue weighted by molar-refractivity contribution is -0.174. The van der Waals surface area contributed by atoms with Gasteiger partial charge in [0, 0.05) is 0 Å². The second-order valence-corrected chi connectivity index (χ2v) is 4.39. The van der Waals surface area contributed by atoms with Crippen molar-refractivity contribution < 1.29 is 18.3 Å². The van der Waals surface area contributed by atoms with Gasteiger partial charge in [-0.25, -0.2) is 4.79 Å². The molecule has 0 aliphatic heterocycles. The Morgan fingerprint density at radius 1 is 1.25 bits per heavy atom. The Morgan fingerprint density at radius 2 is 1.90 bits per heavy atom. The van der Waals surface area contributed by atoms with Gasteiger partial charge in [-0.05, 0) is 23.3 Å². The van der Waals surface area contributed by atoms with E-state index in [-0.39, 0.29) is 12.2 Å². The van der Waals surface area contributed by atoms with Gasteiger partial charge in [0.1, 0.15) is 6.04 Å². The number of hydrogen-bond acceptors (Lipinski definition) is 3. The van der Waals surface area contributed by atoms with E-state index in [2.05, 4.69) is 4.74 Å². The molecular formula is C15H15F2NO2. The van der Waals surface area contributed by atoms with Gasteiger partial charge < -0.3 is 10.5 Å². The van der Waals surface area contributed by atoms with Crippen molar-refractivity contribution in [2.24, 2.45) is 5.73 Å². The van der Waals surface area contributed by atoms with E-state index in [0.29, 0.717) is 5.39 Å². The van der Waals surface area contributed by atoms with Crippen LogP contribution >= 0.6 is 0 Å². The highest BCUT2D eigenvalue weighted by Gasteiger charge is 2.48. The van der Waals surface area contributed by atoms with Gasteiger partial charge in [0.15, 0.2) is 0 Å². The third kappa shape index (κ3) is 2.49. The van der Waals surface area contributed by atoms with Crippen molar-refractivity contribution in [1.29, 1.82) is 0 Å². The molecule has 0 aliphatic rings. The average molecular weight is 279 g/mol. The second-order valence-electron chi connectivity index (χ2n) is 4.39. The zero-order chi connectivity index (χ0) is 14.8. The maximum absolute atomic E-state index is 14.0. The van der Waals surface area contributed by atoms with E-state index in [1.54, 1.807) is 36.4 Å². The normalized spacial score (nSPS) is 13.2. The summed E-state index contributed by atoms with van der Waals surface area (Å²) in [6, 6.07) is 10.2. The van der Waals surface area contributed by atoms with Crippen LogP contribution < -0.4 is 5.73 Å². The fourth-order valence-electron chi connectivity index (χ4n) is 2.07. The third-order valence-corrected chi connectivity index (χ3v) is 3.10. The van der Waals surface area contributed by atoms with E-state index >= 15 is 0 Å². The van der Waals surface area contributed by atoms with E-state index in [0.717, 1.165) is 5.39 Å². The summed E-state index contributed by atoms with van der Waals surface area (Å²) in [4.78, 5) is 11.4. The smallest absolute Gasteiger partial charge is 0.379 e.